The number of nitrogens with one attached hydrogen (secondary N) is 1. The first-order valence-corrected chi connectivity index (χ1v) is 7.01. The van der Waals surface area contributed by atoms with Gasteiger partial charge in [0.1, 0.15) is 5.82 Å². The second-order valence-electron chi connectivity index (χ2n) is 4.73. The van der Waals surface area contributed by atoms with Gasteiger partial charge in [0.25, 0.3) is 0 Å². The summed E-state index contributed by atoms with van der Waals surface area (Å²) < 4.78 is 12.7. The molecule has 1 aromatic rings. The van der Waals surface area contributed by atoms with Crippen LogP contribution >= 0.6 is 0 Å². The quantitative estimate of drug-likeness (QED) is 0.543. The van der Waals surface area contributed by atoms with Crippen molar-refractivity contribution in [2.75, 3.05) is 6.54 Å². The number of rotatable bonds is 9. The summed E-state index contributed by atoms with van der Waals surface area (Å²) in [6.07, 6.45) is 6.50. The van der Waals surface area contributed by atoms with Crippen LogP contribution < -0.4 is 5.32 Å². The van der Waals surface area contributed by atoms with Gasteiger partial charge in [0, 0.05) is 19.0 Å². The van der Waals surface area contributed by atoms with E-state index < -0.39 is 5.97 Å². The Morgan fingerprint density at radius 1 is 1.10 bits per heavy atom. The molecule has 4 nitrogen and oxygen atoms in total. The first-order valence-electron chi connectivity index (χ1n) is 7.01. The van der Waals surface area contributed by atoms with E-state index in [1.54, 1.807) is 18.2 Å². The minimum absolute atomic E-state index is 0.190. The number of amides is 1. The number of aliphatic carboxylic acids is 1. The molecule has 0 aliphatic rings. The van der Waals surface area contributed by atoms with Gasteiger partial charge in [-0.25, -0.2) is 4.39 Å². The van der Waals surface area contributed by atoms with Crippen molar-refractivity contribution < 1.29 is 19.1 Å². The molecule has 21 heavy (non-hydrogen) atoms. The first-order chi connectivity index (χ1) is 10.1. The number of hydrogen-bond acceptors (Lipinski definition) is 2. The molecule has 0 saturated heterocycles. The number of carbonyl (C=O) groups is 2. The molecule has 0 saturated carbocycles. The number of benzene rings is 1. The normalized spacial score (nSPS) is 10.7. The van der Waals surface area contributed by atoms with Gasteiger partial charge in [-0.3, -0.25) is 9.59 Å². The van der Waals surface area contributed by atoms with E-state index in [1.807, 2.05) is 0 Å². The van der Waals surface area contributed by atoms with Crippen LogP contribution in [0.4, 0.5) is 4.39 Å². The fraction of sp³-hybridized carbons (Fsp3) is 0.375. The average molecular weight is 293 g/mol. The van der Waals surface area contributed by atoms with Crippen LogP contribution in [0, 0.1) is 5.82 Å². The van der Waals surface area contributed by atoms with Gasteiger partial charge in [0.05, 0.1) is 0 Å². The Morgan fingerprint density at radius 2 is 1.76 bits per heavy atom. The molecule has 0 fully saturated rings. The monoisotopic (exact) mass is 293 g/mol. The van der Waals surface area contributed by atoms with Crippen LogP contribution in [0.3, 0.4) is 0 Å². The van der Waals surface area contributed by atoms with Crippen molar-refractivity contribution in [1.82, 2.24) is 5.32 Å². The summed E-state index contributed by atoms with van der Waals surface area (Å²) in [6, 6.07) is 5.88. The van der Waals surface area contributed by atoms with Gasteiger partial charge in [-0.2, -0.15) is 0 Å². The predicted octanol–water partition coefficient (Wildman–Crippen LogP) is 2.99. The molecule has 2 N–H and O–H groups in total. The smallest absolute Gasteiger partial charge is 0.303 e. The fourth-order valence-electron chi connectivity index (χ4n) is 1.77. The zero-order chi connectivity index (χ0) is 15.5. The lowest BCUT2D eigenvalue weighted by atomic mass is 10.1. The Balaban J connectivity index is 2.11. The summed E-state index contributed by atoms with van der Waals surface area (Å²) >= 11 is 0. The second-order valence-corrected chi connectivity index (χ2v) is 4.73. The van der Waals surface area contributed by atoms with Crippen LogP contribution in [0.5, 0.6) is 0 Å². The van der Waals surface area contributed by atoms with Crippen molar-refractivity contribution in [2.45, 2.75) is 32.1 Å². The molecule has 0 spiro atoms. The third-order valence-corrected chi connectivity index (χ3v) is 2.91. The van der Waals surface area contributed by atoms with Crippen LogP contribution in [-0.4, -0.2) is 23.5 Å². The number of carboxylic acid groups (broad SMARTS) is 1. The van der Waals surface area contributed by atoms with Gasteiger partial charge in [-0.05, 0) is 36.6 Å². The highest BCUT2D eigenvalue weighted by Crippen LogP contribution is 2.04. The number of hydrogen-bond donors (Lipinski definition) is 2. The topological polar surface area (TPSA) is 66.4 Å². The van der Waals surface area contributed by atoms with Crippen LogP contribution in [0.15, 0.2) is 30.3 Å². The Labute approximate surface area is 123 Å². The molecular formula is C16H20FNO3. The van der Waals surface area contributed by atoms with Gasteiger partial charge in [-0.15, -0.1) is 0 Å². The minimum Gasteiger partial charge on any atom is -0.481 e. The fourth-order valence-corrected chi connectivity index (χ4v) is 1.77. The molecule has 1 amide bonds. The molecule has 0 bridgehead atoms. The summed E-state index contributed by atoms with van der Waals surface area (Å²) in [7, 11) is 0. The molecule has 0 aliphatic heterocycles. The van der Waals surface area contributed by atoms with Crippen molar-refractivity contribution in [3.63, 3.8) is 0 Å². The largest absolute Gasteiger partial charge is 0.481 e. The molecule has 0 aromatic heterocycles. The van der Waals surface area contributed by atoms with E-state index in [4.69, 9.17) is 5.11 Å². The first kappa shape index (κ1) is 16.9. The van der Waals surface area contributed by atoms with Crippen LogP contribution in [0.2, 0.25) is 0 Å². The molecule has 5 heteroatoms. The summed E-state index contributed by atoms with van der Waals surface area (Å²) in [6.45, 7) is 0.569. The van der Waals surface area contributed by atoms with E-state index in [-0.39, 0.29) is 18.1 Å². The summed E-state index contributed by atoms with van der Waals surface area (Å²) in [5, 5.41) is 11.2. The summed E-state index contributed by atoms with van der Waals surface area (Å²) in [5.41, 5.74) is 0.764. The van der Waals surface area contributed by atoms with Crippen molar-refractivity contribution in [3.8, 4) is 0 Å². The third kappa shape index (κ3) is 8.57. The van der Waals surface area contributed by atoms with E-state index in [2.05, 4.69) is 5.32 Å². The number of halogens is 1. The molecule has 0 heterocycles. The lowest BCUT2D eigenvalue weighted by Crippen LogP contribution is -2.21. The van der Waals surface area contributed by atoms with Crippen molar-refractivity contribution in [2.24, 2.45) is 0 Å². The van der Waals surface area contributed by atoms with E-state index in [0.29, 0.717) is 13.0 Å². The molecule has 0 aliphatic carbocycles. The third-order valence-electron chi connectivity index (χ3n) is 2.91. The molecule has 0 radical (unpaired) electrons. The Morgan fingerprint density at radius 3 is 2.43 bits per heavy atom. The summed E-state index contributed by atoms with van der Waals surface area (Å²) in [4.78, 5) is 21.8. The summed E-state index contributed by atoms with van der Waals surface area (Å²) in [5.74, 6) is -1.27. The molecule has 0 atom stereocenters. The van der Waals surface area contributed by atoms with Gasteiger partial charge < -0.3 is 10.4 Å². The van der Waals surface area contributed by atoms with E-state index in [0.717, 1.165) is 24.8 Å². The Bertz CT molecular complexity index is 483. The van der Waals surface area contributed by atoms with E-state index in [1.165, 1.54) is 18.2 Å². The second kappa shape index (κ2) is 9.69. The molecule has 114 valence electrons. The standard InChI is InChI=1S/C16H20FNO3/c17-14-9-6-13(7-10-14)8-11-15(19)18-12-4-2-1-3-5-16(20)21/h6-11H,1-5,12H2,(H,18,19)(H,20,21)/b11-8+. The highest BCUT2D eigenvalue weighted by molar-refractivity contribution is 5.91. The highest BCUT2D eigenvalue weighted by Gasteiger charge is 1.98. The van der Waals surface area contributed by atoms with Crippen molar-refractivity contribution >= 4 is 18.0 Å². The zero-order valence-corrected chi connectivity index (χ0v) is 11.8. The van der Waals surface area contributed by atoms with E-state index in [9.17, 15) is 14.0 Å². The Kier molecular flexibility index (Phi) is 7.79. The van der Waals surface area contributed by atoms with Gasteiger partial charge in [0.2, 0.25) is 5.91 Å². The SMILES string of the molecule is O=C(O)CCCCCCNC(=O)/C=C/c1ccc(F)cc1. The number of carbonyl (C=O) groups excluding carboxylic acids is 1. The molecule has 0 unspecified atom stereocenters. The Hall–Kier alpha value is -2.17. The average Bonchev–Trinajstić information content (AvgIpc) is 2.45. The van der Waals surface area contributed by atoms with Crippen molar-refractivity contribution in [3.05, 3.63) is 41.7 Å². The van der Waals surface area contributed by atoms with Gasteiger partial charge in [0.15, 0.2) is 0 Å². The lowest BCUT2D eigenvalue weighted by Gasteiger charge is -2.02. The molecule has 1 rings (SSSR count). The predicted molar refractivity (Wildman–Crippen MR) is 79.2 cm³/mol. The number of unbranched alkanes of at least 4 members (excludes halogenated alkanes) is 3. The van der Waals surface area contributed by atoms with Crippen molar-refractivity contribution in [1.29, 1.82) is 0 Å². The molecular weight excluding hydrogens is 273 g/mol. The maximum Gasteiger partial charge on any atom is 0.303 e. The van der Waals surface area contributed by atoms with Gasteiger partial charge in [-0.1, -0.05) is 25.0 Å². The van der Waals surface area contributed by atoms with Crippen LogP contribution in [0.1, 0.15) is 37.7 Å². The lowest BCUT2D eigenvalue weighted by molar-refractivity contribution is -0.137. The number of carboxylic acids is 1. The van der Waals surface area contributed by atoms with Crippen LogP contribution in [-0.2, 0) is 9.59 Å². The van der Waals surface area contributed by atoms with E-state index >= 15 is 0 Å². The minimum atomic E-state index is -0.769. The maximum absolute atomic E-state index is 12.7. The van der Waals surface area contributed by atoms with Crippen LogP contribution in [0.25, 0.3) is 6.08 Å². The zero-order valence-electron chi connectivity index (χ0n) is 11.8. The maximum atomic E-state index is 12.7. The molecule has 1 aromatic carbocycles. The van der Waals surface area contributed by atoms with Gasteiger partial charge >= 0.3 is 5.97 Å². The highest BCUT2D eigenvalue weighted by atomic mass is 19.1.